The summed E-state index contributed by atoms with van der Waals surface area (Å²) in [5.74, 6) is -0.881. The summed E-state index contributed by atoms with van der Waals surface area (Å²) in [7, 11) is 0. The molecule has 0 aliphatic carbocycles. The van der Waals surface area contributed by atoms with Gasteiger partial charge in [-0.25, -0.2) is 0 Å². The fourth-order valence-electron chi connectivity index (χ4n) is 1.74. The first kappa shape index (κ1) is 12.7. The van der Waals surface area contributed by atoms with Crippen molar-refractivity contribution in [2.45, 2.75) is 13.3 Å². The maximum absolute atomic E-state index is 11.7. The summed E-state index contributed by atoms with van der Waals surface area (Å²) < 4.78 is 0. The van der Waals surface area contributed by atoms with Gasteiger partial charge in [0.15, 0.2) is 0 Å². The van der Waals surface area contributed by atoms with E-state index in [2.05, 4.69) is 11.9 Å². The molecule has 0 saturated carbocycles. The van der Waals surface area contributed by atoms with Crippen molar-refractivity contribution in [3.05, 3.63) is 12.7 Å². The molecule has 1 atom stereocenters. The van der Waals surface area contributed by atoms with Crippen molar-refractivity contribution in [3.8, 4) is 0 Å². The summed E-state index contributed by atoms with van der Waals surface area (Å²) >= 11 is 0. The predicted octanol–water partition coefficient (Wildman–Crippen LogP) is 0.0852. The van der Waals surface area contributed by atoms with Crippen LogP contribution in [0.15, 0.2) is 12.7 Å². The van der Waals surface area contributed by atoms with E-state index in [-0.39, 0.29) is 12.5 Å². The highest BCUT2D eigenvalue weighted by Crippen LogP contribution is 2.29. The third kappa shape index (κ3) is 2.82. The lowest BCUT2D eigenvalue weighted by molar-refractivity contribution is -0.147. The molecule has 0 aromatic carbocycles. The smallest absolute Gasteiger partial charge is 0.311 e. The zero-order chi connectivity index (χ0) is 12.2. The normalized spacial score (nSPS) is 24.4. The number of carbonyl (C=O) groups is 2. The number of aliphatic carboxylic acids is 1. The molecule has 0 radical (unpaired) electrons. The Kier molecular flexibility index (Phi) is 4.06. The van der Waals surface area contributed by atoms with Gasteiger partial charge in [0.25, 0.3) is 0 Å². The molecule has 5 heteroatoms. The minimum absolute atomic E-state index is 0.0492. The molecule has 1 unspecified atom stereocenters. The zero-order valence-electron chi connectivity index (χ0n) is 9.53. The van der Waals surface area contributed by atoms with Crippen LogP contribution in [-0.2, 0) is 9.59 Å². The van der Waals surface area contributed by atoms with Crippen LogP contribution >= 0.6 is 0 Å². The number of likely N-dealkylation sites (tertiary alicyclic amines) is 1. The molecule has 1 heterocycles. The molecule has 1 amide bonds. The number of carboxylic acids is 1. The molecule has 0 bridgehead atoms. The molecule has 16 heavy (non-hydrogen) atoms. The summed E-state index contributed by atoms with van der Waals surface area (Å²) in [6, 6.07) is 0. The maximum atomic E-state index is 11.7. The molecule has 2 N–H and O–H groups in total. The number of carboxylic acid groups (broad SMARTS) is 1. The lowest BCUT2D eigenvalue weighted by Crippen LogP contribution is -2.39. The van der Waals surface area contributed by atoms with Crippen LogP contribution in [0.1, 0.15) is 13.3 Å². The van der Waals surface area contributed by atoms with Gasteiger partial charge < -0.3 is 15.3 Å². The molecule has 1 aliphatic heterocycles. The quantitative estimate of drug-likeness (QED) is 0.515. The van der Waals surface area contributed by atoms with Gasteiger partial charge >= 0.3 is 5.97 Å². The Morgan fingerprint density at radius 1 is 1.62 bits per heavy atom. The highest BCUT2D eigenvalue weighted by molar-refractivity contribution is 5.81. The molecule has 5 nitrogen and oxygen atoms in total. The topological polar surface area (TPSA) is 69.6 Å². The standard InChI is InChI=1S/C11H18N2O3/c1-3-5-12-7-9(14)13-6-4-11(2,8-13)10(15)16/h3,12H,1,4-8H2,2H3,(H,15,16). The summed E-state index contributed by atoms with van der Waals surface area (Å²) in [5.41, 5.74) is -0.784. The van der Waals surface area contributed by atoms with Crippen LogP contribution in [0.2, 0.25) is 0 Å². The number of hydrogen-bond donors (Lipinski definition) is 2. The first-order valence-corrected chi connectivity index (χ1v) is 5.32. The molecule has 1 aliphatic rings. The van der Waals surface area contributed by atoms with Crippen LogP contribution in [0.3, 0.4) is 0 Å². The molecular formula is C11H18N2O3. The molecule has 0 aromatic rings. The summed E-state index contributed by atoms with van der Waals surface area (Å²) in [5, 5.41) is 11.9. The number of nitrogens with zero attached hydrogens (tertiary/aromatic N) is 1. The second-order valence-corrected chi connectivity index (χ2v) is 4.35. The van der Waals surface area contributed by atoms with E-state index < -0.39 is 11.4 Å². The second-order valence-electron chi connectivity index (χ2n) is 4.35. The van der Waals surface area contributed by atoms with Crippen molar-refractivity contribution in [1.29, 1.82) is 0 Å². The summed E-state index contributed by atoms with van der Waals surface area (Å²) in [6.45, 7) is 6.86. The van der Waals surface area contributed by atoms with Crippen molar-refractivity contribution in [2.75, 3.05) is 26.2 Å². The molecule has 90 valence electrons. The van der Waals surface area contributed by atoms with E-state index in [1.807, 2.05) is 0 Å². The van der Waals surface area contributed by atoms with Gasteiger partial charge in [-0.3, -0.25) is 9.59 Å². The Labute approximate surface area is 95.1 Å². The molecule has 1 saturated heterocycles. The molecular weight excluding hydrogens is 208 g/mol. The lowest BCUT2D eigenvalue weighted by Gasteiger charge is -2.20. The highest BCUT2D eigenvalue weighted by Gasteiger charge is 2.41. The van der Waals surface area contributed by atoms with Gasteiger partial charge in [0.1, 0.15) is 0 Å². The average molecular weight is 226 g/mol. The van der Waals surface area contributed by atoms with Crippen LogP contribution in [0.5, 0.6) is 0 Å². The van der Waals surface area contributed by atoms with Crippen LogP contribution < -0.4 is 5.32 Å². The number of hydrogen-bond acceptors (Lipinski definition) is 3. The van der Waals surface area contributed by atoms with Gasteiger partial charge in [-0.05, 0) is 13.3 Å². The minimum Gasteiger partial charge on any atom is -0.481 e. The number of amides is 1. The Bertz CT molecular complexity index is 304. The molecule has 0 aromatic heterocycles. The number of nitrogens with one attached hydrogen (secondary N) is 1. The van der Waals surface area contributed by atoms with Crippen molar-refractivity contribution >= 4 is 11.9 Å². The van der Waals surface area contributed by atoms with Crippen molar-refractivity contribution in [2.24, 2.45) is 5.41 Å². The van der Waals surface area contributed by atoms with Crippen molar-refractivity contribution in [3.63, 3.8) is 0 Å². The highest BCUT2D eigenvalue weighted by atomic mass is 16.4. The summed E-state index contributed by atoms with van der Waals surface area (Å²) in [4.78, 5) is 24.3. The molecule has 1 rings (SSSR count). The van der Waals surface area contributed by atoms with E-state index >= 15 is 0 Å². The van der Waals surface area contributed by atoms with Crippen LogP contribution in [0.4, 0.5) is 0 Å². The van der Waals surface area contributed by atoms with Gasteiger partial charge in [-0.2, -0.15) is 0 Å². The first-order valence-electron chi connectivity index (χ1n) is 5.32. The maximum Gasteiger partial charge on any atom is 0.311 e. The largest absolute Gasteiger partial charge is 0.481 e. The van der Waals surface area contributed by atoms with E-state index in [0.29, 0.717) is 26.1 Å². The van der Waals surface area contributed by atoms with Crippen LogP contribution in [0.25, 0.3) is 0 Å². The minimum atomic E-state index is -0.832. The third-order valence-electron chi connectivity index (χ3n) is 2.91. The first-order chi connectivity index (χ1) is 7.49. The van der Waals surface area contributed by atoms with E-state index in [0.717, 1.165) is 0 Å². The van der Waals surface area contributed by atoms with Crippen molar-refractivity contribution in [1.82, 2.24) is 10.2 Å². The van der Waals surface area contributed by atoms with E-state index in [9.17, 15) is 9.59 Å². The average Bonchev–Trinajstić information content (AvgIpc) is 2.63. The third-order valence-corrected chi connectivity index (χ3v) is 2.91. The SMILES string of the molecule is C=CCNCC(=O)N1CCC(C)(C(=O)O)C1. The fraction of sp³-hybridized carbons (Fsp3) is 0.636. The fourth-order valence-corrected chi connectivity index (χ4v) is 1.74. The number of rotatable bonds is 5. The van der Waals surface area contributed by atoms with E-state index in [4.69, 9.17) is 5.11 Å². The van der Waals surface area contributed by atoms with Gasteiger partial charge in [-0.15, -0.1) is 6.58 Å². The lowest BCUT2D eigenvalue weighted by atomic mass is 9.90. The van der Waals surface area contributed by atoms with Gasteiger partial charge in [0, 0.05) is 19.6 Å². The zero-order valence-corrected chi connectivity index (χ0v) is 9.53. The Balaban J connectivity index is 2.43. The van der Waals surface area contributed by atoms with Gasteiger partial charge in [0.2, 0.25) is 5.91 Å². The monoisotopic (exact) mass is 226 g/mol. The predicted molar refractivity (Wildman–Crippen MR) is 60.0 cm³/mol. The van der Waals surface area contributed by atoms with Gasteiger partial charge in [0.05, 0.1) is 12.0 Å². The van der Waals surface area contributed by atoms with Gasteiger partial charge in [-0.1, -0.05) is 6.08 Å². The number of carbonyl (C=O) groups excluding carboxylic acids is 1. The molecule has 1 fully saturated rings. The Morgan fingerprint density at radius 3 is 2.81 bits per heavy atom. The van der Waals surface area contributed by atoms with Crippen LogP contribution in [-0.4, -0.2) is 48.1 Å². The van der Waals surface area contributed by atoms with Crippen molar-refractivity contribution < 1.29 is 14.7 Å². The Morgan fingerprint density at radius 2 is 2.31 bits per heavy atom. The summed E-state index contributed by atoms with van der Waals surface area (Å²) in [6.07, 6.45) is 2.20. The second kappa shape index (κ2) is 5.12. The van der Waals surface area contributed by atoms with Crippen LogP contribution in [0, 0.1) is 5.41 Å². The van der Waals surface area contributed by atoms with E-state index in [1.54, 1.807) is 17.9 Å². The molecule has 0 spiro atoms. The van der Waals surface area contributed by atoms with E-state index in [1.165, 1.54) is 0 Å². The Hall–Kier alpha value is -1.36.